The van der Waals surface area contributed by atoms with Gasteiger partial charge in [-0.15, -0.1) is 6.42 Å². The van der Waals surface area contributed by atoms with Gasteiger partial charge in [-0.05, 0) is 0 Å². The van der Waals surface area contributed by atoms with E-state index in [0.717, 1.165) is 12.8 Å². The van der Waals surface area contributed by atoms with Gasteiger partial charge in [0.25, 0.3) is 0 Å². The van der Waals surface area contributed by atoms with E-state index >= 15 is 0 Å². The van der Waals surface area contributed by atoms with Crippen LogP contribution in [0.2, 0.25) is 0 Å². The molecular formula is C11H17Er-. The minimum atomic E-state index is 0. The molecule has 1 heteroatoms. The Morgan fingerprint density at radius 1 is 1.08 bits per heavy atom. The summed E-state index contributed by atoms with van der Waals surface area (Å²) in [5, 5.41) is 0. The van der Waals surface area contributed by atoms with Gasteiger partial charge in [-0.2, -0.15) is 11.1 Å². The van der Waals surface area contributed by atoms with Crippen LogP contribution in [0.1, 0.15) is 46.5 Å². The molecule has 0 spiro atoms. The molecule has 74 valence electrons. The molecule has 0 fully saturated rings. The van der Waals surface area contributed by atoms with Gasteiger partial charge in [-0.1, -0.05) is 40.0 Å². The molecule has 0 saturated carbocycles. The summed E-state index contributed by atoms with van der Waals surface area (Å²) in [5.74, 6) is 0. The first-order valence-corrected chi connectivity index (χ1v) is 4.64. The van der Waals surface area contributed by atoms with Gasteiger partial charge in [0.05, 0.1) is 0 Å². The molecule has 0 aromatic carbocycles. The smallest absolute Gasteiger partial charge is 0 e. The fourth-order valence-electron chi connectivity index (χ4n) is 1.78. The number of hydrogen-bond acceptors (Lipinski definition) is 0. The summed E-state index contributed by atoms with van der Waals surface area (Å²) in [5.41, 5.74) is 4.68. The predicted molar refractivity (Wildman–Crippen MR) is 49.3 cm³/mol. The molecule has 0 saturated heterocycles. The third-order valence-corrected chi connectivity index (χ3v) is 2.44. The molecule has 0 aliphatic heterocycles. The van der Waals surface area contributed by atoms with Crippen LogP contribution in [-0.2, 0) is 0 Å². The molecule has 0 amide bonds. The maximum atomic E-state index is 3.45. The van der Waals surface area contributed by atoms with Crippen molar-refractivity contribution in [3.63, 3.8) is 0 Å². The van der Waals surface area contributed by atoms with Crippen molar-refractivity contribution >= 4 is 0 Å². The van der Waals surface area contributed by atoms with Crippen LogP contribution in [0, 0.1) is 43.4 Å². The Hall–Kier alpha value is 0.727. The first-order chi connectivity index (χ1) is 5.33. The van der Waals surface area contributed by atoms with Gasteiger partial charge in [-0.3, -0.25) is 6.08 Å². The van der Waals surface area contributed by atoms with E-state index in [-0.39, 0.29) is 37.3 Å². The van der Waals surface area contributed by atoms with E-state index in [4.69, 9.17) is 0 Å². The zero-order valence-electron chi connectivity index (χ0n) is 8.12. The summed E-state index contributed by atoms with van der Waals surface area (Å²) in [6.45, 7) is 6.70. The van der Waals surface area contributed by atoms with Crippen LogP contribution in [0.15, 0.2) is 16.7 Å². The van der Waals surface area contributed by atoms with Crippen LogP contribution in [0.4, 0.5) is 0 Å². The van der Waals surface area contributed by atoms with E-state index in [2.05, 4.69) is 26.8 Å². The fourth-order valence-corrected chi connectivity index (χ4v) is 1.78. The maximum Gasteiger partial charge on any atom is 0 e. The molecule has 0 aromatic heterocycles. The number of allylic oxidation sites excluding steroid dienone is 4. The third-order valence-electron chi connectivity index (χ3n) is 2.44. The fraction of sp³-hybridized carbons (Fsp3) is 0.636. The molecule has 0 unspecified atom stereocenters. The monoisotopic (exact) mass is 315 g/mol. The van der Waals surface area contributed by atoms with Gasteiger partial charge in [0.1, 0.15) is 0 Å². The number of hydrogen-bond donors (Lipinski definition) is 0. The van der Waals surface area contributed by atoms with E-state index in [9.17, 15) is 0 Å². The molecule has 0 atom stereocenters. The van der Waals surface area contributed by atoms with Crippen molar-refractivity contribution in [3.05, 3.63) is 22.8 Å². The van der Waals surface area contributed by atoms with Gasteiger partial charge >= 0.3 is 0 Å². The summed E-state index contributed by atoms with van der Waals surface area (Å²) in [6.07, 6.45) is 8.11. The Morgan fingerprint density at radius 3 is 2.17 bits per heavy atom. The Bertz CT molecular complexity index is 199. The summed E-state index contributed by atoms with van der Waals surface area (Å²) < 4.78 is 0. The van der Waals surface area contributed by atoms with Crippen molar-refractivity contribution in [3.8, 4) is 0 Å². The predicted octanol–water partition coefficient (Wildman–Crippen LogP) is 3.65. The Kier molecular flexibility index (Phi) is 6.60. The van der Waals surface area contributed by atoms with Crippen molar-refractivity contribution in [1.29, 1.82) is 0 Å². The van der Waals surface area contributed by atoms with Gasteiger partial charge in [0.15, 0.2) is 0 Å². The van der Waals surface area contributed by atoms with Crippen LogP contribution in [0.25, 0.3) is 0 Å². The summed E-state index contributed by atoms with van der Waals surface area (Å²) in [7, 11) is 0. The Labute approximate surface area is 106 Å². The van der Waals surface area contributed by atoms with E-state index in [1.54, 1.807) is 11.1 Å². The van der Waals surface area contributed by atoms with E-state index in [1.807, 2.05) is 0 Å². The number of rotatable bonds is 3. The standard InChI is InChI=1S/C11H17.Er/c1-4-9-7-8-10(5-2)11(9)6-3;/h4-7H2,1-3H3;/q-1;. The molecule has 0 bridgehead atoms. The molecule has 0 heterocycles. The first kappa shape index (κ1) is 12.7. The molecule has 0 N–H and O–H groups in total. The largest absolute Gasteiger partial charge is 0.269 e. The second-order valence-electron chi connectivity index (χ2n) is 2.97. The zero-order chi connectivity index (χ0) is 8.27. The molecule has 1 rings (SSSR count). The Morgan fingerprint density at radius 2 is 1.75 bits per heavy atom. The van der Waals surface area contributed by atoms with Crippen molar-refractivity contribution < 1.29 is 37.3 Å². The molecule has 0 radical (unpaired) electrons. The quantitative estimate of drug-likeness (QED) is 0.697. The van der Waals surface area contributed by atoms with Crippen molar-refractivity contribution in [2.24, 2.45) is 0 Å². The van der Waals surface area contributed by atoms with Crippen LogP contribution >= 0.6 is 0 Å². The molecule has 1 aliphatic rings. The van der Waals surface area contributed by atoms with E-state index in [0.29, 0.717) is 0 Å². The van der Waals surface area contributed by atoms with E-state index < -0.39 is 0 Å². The Balaban J connectivity index is 0.00000121. The first-order valence-electron chi connectivity index (χ1n) is 4.64. The summed E-state index contributed by atoms with van der Waals surface area (Å²) >= 11 is 0. The second kappa shape index (κ2) is 6.22. The third kappa shape index (κ3) is 2.61. The normalized spacial score (nSPS) is 16.1. The average Bonchev–Trinajstić information content (AvgIpc) is 2.45. The van der Waals surface area contributed by atoms with Crippen molar-refractivity contribution in [2.45, 2.75) is 46.5 Å². The van der Waals surface area contributed by atoms with Crippen LogP contribution in [0.3, 0.4) is 0 Å². The van der Waals surface area contributed by atoms with Gasteiger partial charge in [-0.25, -0.2) is 5.57 Å². The van der Waals surface area contributed by atoms with Crippen LogP contribution in [-0.4, -0.2) is 0 Å². The minimum Gasteiger partial charge on any atom is -0.269 e. The van der Waals surface area contributed by atoms with Gasteiger partial charge in [0.2, 0.25) is 0 Å². The minimum absolute atomic E-state index is 0. The maximum absolute atomic E-state index is 3.45. The molecular weight excluding hydrogens is 299 g/mol. The molecule has 0 aromatic rings. The van der Waals surface area contributed by atoms with Gasteiger partial charge < -0.3 is 0 Å². The van der Waals surface area contributed by atoms with Crippen LogP contribution in [0.5, 0.6) is 0 Å². The van der Waals surface area contributed by atoms with Crippen LogP contribution < -0.4 is 0 Å². The zero-order valence-corrected chi connectivity index (χ0v) is 9.97. The summed E-state index contributed by atoms with van der Waals surface area (Å²) in [6, 6.07) is 0. The average molecular weight is 317 g/mol. The van der Waals surface area contributed by atoms with E-state index in [1.165, 1.54) is 18.4 Å². The summed E-state index contributed by atoms with van der Waals surface area (Å²) in [4.78, 5) is 0. The second-order valence-corrected chi connectivity index (χ2v) is 2.97. The van der Waals surface area contributed by atoms with Gasteiger partial charge in [0, 0.05) is 37.3 Å². The van der Waals surface area contributed by atoms with Crippen molar-refractivity contribution in [1.82, 2.24) is 0 Å². The van der Waals surface area contributed by atoms with Crippen molar-refractivity contribution in [2.75, 3.05) is 0 Å². The SMILES string of the molecule is CCC1=[C-]CC(CC)=C1CC.[Er]. The molecule has 12 heavy (non-hydrogen) atoms. The topological polar surface area (TPSA) is 0 Å². The molecule has 1 aliphatic carbocycles. The molecule has 0 nitrogen and oxygen atoms in total.